The summed E-state index contributed by atoms with van der Waals surface area (Å²) in [4.78, 5) is 31.0. The molecule has 8 nitrogen and oxygen atoms in total. The number of para-hydroxylation sites is 2. The summed E-state index contributed by atoms with van der Waals surface area (Å²) < 4.78 is 10.6. The highest BCUT2D eigenvalue weighted by Gasteiger charge is 2.30. The fourth-order valence-corrected chi connectivity index (χ4v) is 3.41. The van der Waals surface area contributed by atoms with Crippen molar-refractivity contribution >= 4 is 17.6 Å². The summed E-state index contributed by atoms with van der Waals surface area (Å²) in [6, 6.07) is 7.15. The lowest BCUT2D eigenvalue weighted by atomic mass is 10.2. The number of hydrogen-bond acceptors (Lipinski definition) is 5. The molecule has 0 saturated carbocycles. The SMILES string of the molecule is COc1ccccc1NC(=O)[C@@H](C)N1CCN(C(=O)N2CCOCC2)CC1. The molecule has 3 rings (SSSR count). The Morgan fingerprint density at radius 3 is 2.33 bits per heavy atom. The van der Waals surface area contributed by atoms with Crippen LogP contribution in [-0.4, -0.2) is 92.3 Å². The standard InChI is InChI=1S/C19H28N4O4/c1-15(18(24)20-16-5-3-4-6-17(16)26-2)21-7-9-22(10-8-21)19(25)23-11-13-27-14-12-23/h3-6,15H,7-14H2,1-2H3,(H,20,24)/t15-/m1/s1. The van der Waals surface area contributed by atoms with Gasteiger partial charge in [0.15, 0.2) is 0 Å². The van der Waals surface area contributed by atoms with E-state index in [4.69, 9.17) is 9.47 Å². The highest BCUT2D eigenvalue weighted by atomic mass is 16.5. The lowest BCUT2D eigenvalue weighted by Crippen LogP contribution is -2.57. The van der Waals surface area contributed by atoms with Crippen LogP contribution in [0.2, 0.25) is 0 Å². The molecule has 27 heavy (non-hydrogen) atoms. The Bertz CT molecular complexity index is 655. The minimum Gasteiger partial charge on any atom is -0.495 e. The lowest BCUT2D eigenvalue weighted by Gasteiger charge is -2.40. The van der Waals surface area contributed by atoms with Gasteiger partial charge in [-0.3, -0.25) is 9.69 Å². The number of carbonyl (C=O) groups is 2. The predicted octanol–water partition coefficient (Wildman–Crippen LogP) is 1.09. The fraction of sp³-hybridized carbons (Fsp3) is 0.579. The van der Waals surface area contributed by atoms with Crippen LogP contribution in [-0.2, 0) is 9.53 Å². The van der Waals surface area contributed by atoms with Crippen molar-refractivity contribution in [3.05, 3.63) is 24.3 Å². The van der Waals surface area contributed by atoms with Gasteiger partial charge >= 0.3 is 6.03 Å². The maximum absolute atomic E-state index is 12.6. The molecule has 0 bridgehead atoms. The van der Waals surface area contributed by atoms with Crippen LogP contribution in [0.1, 0.15) is 6.92 Å². The van der Waals surface area contributed by atoms with E-state index < -0.39 is 0 Å². The molecule has 0 unspecified atom stereocenters. The van der Waals surface area contributed by atoms with E-state index in [-0.39, 0.29) is 18.0 Å². The van der Waals surface area contributed by atoms with Gasteiger partial charge in [0.25, 0.3) is 0 Å². The molecule has 2 aliphatic heterocycles. The fourth-order valence-electron chi connectivity index (χ4n) is 3.41. The van der Waals surface area contributed by atoms with Gasteiger partial charge in [0.1, 0.15) is 5.75 Å². The van der Waals surface area contributed by atoms with Gasteiger partial charge in [-0.2, -0.15) is 0 Å². The molecule has 1 atom stereocenters. The molecular weight excluding hydrogens is 348 g/mol. The molecule has 148 valence electrons. The highest BCUT2D eigenvalue weighted by molar-refractivity contribution is 5.95. The van der Waals surface area contributed by atoms with Crippen molar-refractivity contribution in [3.63, 3.8) is 0 Å². The van der Waals surface area contributed by atoms with Crippen molar-refractivity contribution < 1.29 is 19.1 Å². The molecule has 0 radical (unpaired) electrons. The van der Waals surface area contributed by atoms with Gasteiger partial charge in [-0.15, -0.1) is 0 Å². The summed E-state index contributed by atoms with van der Waals surface area (Å²) in [5.41, 5.74) is 0.665. The largest absolute Gasteiger partial charge is 0.495 e. The number of ether oxygens (including phenoxy) is 2. The Kier molecular flexibility index (Phi) is 6.52. The molecule has 1 aromatic carbocycles. The van der Waals surface area contributed by atoms with E-state index in [9.17, 15) is 9.59 Å². The van der Waals surface area contributed by atoms with Crippen LogP contribution < -0.4 is 10.1 Å². The number of rotatable bonds is 4. The third kappa shape index (κ3) is 4.70. The van der Waals surface area contributed by atoms with Crippen LogP contribution in [0, 0.1) is 0 Å². The Hall–Kier alpha value is -2.32. The van der Waals surface area contributed by atoms with E-state index in [0.29, 0.717) is 63.9 Å². The minimum atomic E-state index is -0.282. The van der Waals surface area contributed by atoms with E-state index in [1.54, 1.807) is 7.11 Å². The van der Waals surface area contributed by atoms with Crippen LogP contribution in [0.15, 0.2) is 24.3 Å². The van der Waals surface area contributed by atoms with Crippen LogP contribution >= 0.6 is 0 Å². The van der Waals surface area contributed by atoms with Crippen LogP contribution in [0.4, 0.5) is 10.5 Å². The number of benzene rings is 1. The van der Waals surface area contributed by atoms with Crippen molar-refractivity contribution in [2.24, 2.45) is 0 Å². The first-order valence-electron chi connectivity index (χ1n) is 9.39. The quantitative estimate of drug-likeness (QED) is 0.852. The van der Waals surface area contributed by atoms with Crippen LogP contribution in [0.25, 0.3) is 0 Å². The first kappa shape index (κ1) is 19.4. The third-order valence-electron chi connectivity index (χ3n) is 5.16. The van der Waals surface area contributed by atoms with Gasteiger partial charge in [-0.1, -0.05) is 12.1 Å². The van der Waals surface area contributed by atoms with Crippen LogP contribution in [0.5, 0.6) is 5.75 Å². The molecule has 2 aliphatic rings. The topological polar surface area (TPSA) is 74.4 Å². The summed E-state index contributed by atoms with van der Waals surface area (Å²) in [5, 5.41) is 2.94. The van der Waals surface area contributed by atoms with E-state index in [2.05, 4.69) is 10.2 Å². The number of methoxy groups -OCH3 is 1. The number of nitrogens with one attached hydrogen (secondary N) is 1. The minimum absolute atomic E-state index is 0.0732. The zero-order valence-corrected chi connectivity index (χ0v) is 16.0. The molecule has 0 spiro atoms. The van der Waals surface area contributed by atoms with Crippen molar-refractivity contribution in [1.29, 1.82) is 0 Å². The lowest BCUT2D eigenvalue weighted by molar-refractivity contribution is -0.121. The molecule has 3 amide bonds. The van der Waals surface area contributed by atoms with Gasteiger partial charge in [-0.25, -0.2) is 4.79 Å². The Labute approximate surface area is 160 Å². The molecule has 2 saturated heterocycles. The van der Waals surface area contributed by atoms with Crippen LogP contribution in [0.3, 0.4) is 0 Å². The second kappa shape index (κ2) is 9.05. The number of hydrogen-bond donors (Lipinski definition) is 1. The van der Waals surface area contributed by atoms with Crippen molar-refractivity contribution in [2.75, 3.05) is 64.9 Å². The average Bonchev–Trinajstić information content (AvgIpc) is 2.73. The van der Waals surface area contributed by atoms with Gasteiger partial charge in [0.05, 0.1) is 32.1 Å². The number of piperazine rings is 1. The van der Waals surface area contributed by atoms with E-state index in [1.807, 2.05) is 41.0 Å². The second-order valence-corrected chi connectivity index (χ2v) is 6.77. The zero-order chi connectivity index (χ0) is 19.2. The summed E-state index contributed by atoms with van der Waals surface area (Å²) >= 11 is 0. The molecule has 8 heteroatoms. The monoisotopic (exact) mass is 376 g/mol. The summed E-state index contributed by atoms with van der Waals surface area (Å²) in [5.74, 6) is 0.562. The smallest absolute Gasteiger partial charge is 0.320 e. The van der Waals surface area contributed by atoms with E-state index in [1.165, 1.54) is 0 Å². The number of nitrogens with zero attached hydrogens (tertiary/aromatic N) is 3. The molecule has 2 fully saturated rings. The Morgan fingerprint density at radius 1 is 1.04 bits per heavy atom. The van der Waals surface area contributed by atoms with E-state index >= 15 is 0 Å². The predicted molar refractivity (Wildman–Crippen MR) is 102 cm³/mol. The molecule has 0 aromatic heterocycles. The Balaban J connectivity index is 1.51. The third-order valence-corrected chi connectivity index (χ3v) is 5.16. The first-order valence-corrected chi connectivity index (χ1v) is 9.39. The van der Waals surface area contributed by atoms with Gasteiger partial charge < -0.3 is 24.6 Å². The number of anilines is 1. The average molecular weight is 376 g/mol. The maximum Gasteiger partial charge on any atom is 0.320 e. The van der Waals surface area contributed by atoms with Crippen molar-refractivity contribution in [1.82, 2.24) is 14.7 Å². The molecule has 1 aromatic rings. The molecule has 0 aliphatic carbocycles. The van der Waals surface area contributed by atoms with Gasteiger partial charge in [-0.05, 0) is 19.1 Å². The van der Waals surface area contributed by atoms with Gasteiger partial charge in [0, 0.05) is 39.3 Å². The summed E-state index contributed by atoms with van der Waals surface area (Å²) in [6.07, 6.45) is 0. The molecule has 1 N–H and O–H groups in total. The van der Waals surface area contributed by atoms with Gasteiger partial charge in [0.2, 0.25) is 5.91 Å². The number of amides is 3. The summed E-state index contributed by atoms with van der Waals surface area (Å²) in [7, 11) is 1.58. The maximum atomic E-state index is 12.6. The second-order valence-electron chi connectivity index (χ2n) is 6.77. The number of urea groups is 1. The summed E-state index contributed by atoms with van der Waals surface area (Å²) in [6.45, 7) is 7.01. The normalized spacial score (nSPS) is 19.5. The number of carbonyl (C=O) groups excluding carboxylic acids is 2. The number of morpholine rings is 1. The Morgan fingerprint density at radius 2 is 1.67 bits per heavy atom. The van der Waals surface area contributed by atoms with Crippen molar-refractivity contribution in [3.8, 4) is 5.75 Å². The molecule has 2 heterocycles. The van der Waals surface area contributed by atoms with Crippen molar-refractivity contribution in [2.45, 2.75) is 13.0 Å². The first-order chi connectivity index (χ1) is 13.1. The molecular formula is C19H28N4O4. The highest BCUT2D eigenvalue weighted by Crippen LogP contribution is 2.23. The van der Waals surface area contributed by atoms with E-state index in [0.717, 1.165) is 0 Å². The zero-order valence-electron chi connectivity index (χ0n) is 16.0.